The molecule has 1 aliphatic carbocycles. The Morgan fingerprint density at radius 2 is 1.41 bits per heavy atom. The highest BCUT2D eigenvalue weighted by molar-refractivity contribution is 5.98. The van der Waals surface area contributed by atoms with E-state index in [0.717, 1.165) is 41.5 Å². The molecule has 3 aromatic carbocycles. The lowest BCUT2D eigenvalue weighted by molar-refractivity contribution is -0.385. The van der Waals surface area contributed by atoms with Crippen molar-refractivity contribution in [1.29, 1.82) is 0 Å². The summed E-state index contributed by atoms with van der Waals surface area (Å²) >= 11 is 0. The summed E-state index contributed by atoms with van der Waals surface area (Å²) in [6, 6.07) is 17.3. The normalized spacial score (nSPS) is 16.6. The predicted octanol–water partition coefficient (Wildman–Crippen LogP) is 10.6. The summed E-state index contributed by atoms with van der Waals surface area (Å²) in [4.78, 5) is 35.9. The molecule has 1 aliphatic rings. The molecule has 1 saturated carbocycles. The number of carbonyl (C=O) groups is 2. The molecule has 0 spiro atoms. The monoisotopic (exact) mass is 674 g/mol. The maximum atomic E-state index is 14.1. The Morgan fingerprint density at radius 3 is 1.98 bits per heavy atom. The van der Waals surface area contributed by atoms with E-state index in [4.69, 9.17) is 15.2 Å². The summed E-state index contributed by atoms with van der Waals surface area (Å²) in [6.07, 6.45) is 15.2. The molecule has 0 unspecified atom stereocenters. The van der Waals surface area contributed by atoms with Gasteiger partial charge >= 0.3 is 17.6 Å². The minimum Gasteiger partial charge on any atom is -0.423 e. The van der Waals surface area contributed by atoms with Gasteiger partial charge in [-0.15, -0.1) is 0 Å². The molecule has 0 amide bonds. The molecule has 2 N–H and O–H groups in total. The lowest BCUT2D eigenvalue weighted by Crippen LogP contribution is -2.22. The molecule has 264 valence electrons. The topological polar surface area (TPSA) is 122 Å². The second-order valence-corrected chi connectivity index (χ2v) is 13.4. The Bertz CT molecular complexity index is 1520. The molecular formula is C40H51FN2O6. The molecule has 49 heavy (non-hydrogen) atoms. The molecule has 3 aromatic rings. The van der Waals surface area contributed by atoms with Crippen molar-refractivity contribution in [3.8, 4) is 22.6 Å². The van der Waals surface area contributed by atoms with E-state index in [0.29, 0.717) is 12.8 Å². The number of nitrogens with zero attached hydrogens (tertiary/aromatic N) is 1. The maximum absolute atomic E-state index is 14.1. The van der Waals surface area contributed by atoms with E-state index < -0.39 is 34.5 Å². The molecule has 0 heterocycles. The van der Waals surface area contributed by atoms with Gasteiger partial charge in [0.05, 0.1) is 16.2 Å². The standard InChI is InChI=1S/C40H51FN2O6/c1-3-5-7-10-28-14-16-29(17-15-28)11-8-9-12-30-18-20-31(21-19-30)32-22-24-33(25-23-32)48-39(44)34-26-37(43(46)47)38(27-36(34)42)49-40(45)35(41)13-6-4-2/h18-29,35H,3-17,42H2,1-2H3/t28?,29?,35-/m1/s1. The third-order valence-electron chi connectivity index (χ3n) is 9.69. The number of hydrogen-bond acceptors (Lipinski definition) is 7. The van der Waals surface area contributed by atoms with Gasteiger partial charge in [0, 0.05) is 12.1 Å². The largest absolute Gasteiger partial charge is 0.423 e. The highest BCUT2D eigenvalue weighted by Crippen LogP contribution is 2.35. The van der Waals surface area contributed by atoms with Crippen LogP contribution in [-0.4, -0.2) is 23.0 Å². The average Bonchev–Trinajstić information content (AvgIpc) is 3.10. The first kappa shape index (κ1) is 37.5. The Kier molecular flexibility index (Phi) is 14.6. The summed E-state index contributed by atoms with van der Waals surface area (Å²) in [5.41, 5.74) is 8.09. The number of aryl methyl sites for hydroxylation is 1. The van der Waals surface area contributed by atoms with Crippen LogP contribution in [0.15, 0.2) is 60.7 Å². The van der Waals surface area contributed by atoms with Crippen molar-refractivity contribution in [2.24, 2.45) is 11.8 Å². The van der Waals surface area contributed by atoms with E-state index in [1.54, 1.807) is 12.1 Å². The summed E-state index contributed by atoms with van der Waals surface area (Å²) in [6.45, 7) is 4.12. The van der Waals surface area contributed by atoms with E-state index in [1.807, 2.05) is 19.1 Å². The number of nitro benzene ring substituents is 1. The van der Waals surface area contributed by atoms with Crippen molar-refractivity contribution in [2.45, 2.75) is 116 Å². The lowest BCUT2D eigenvalue weighted by atomic mass is 9.78. The van der Waals surface area contributed by atoms with Gasteiger partial charge in [-0.2, -0.15) is 0 Å². The molecule has 0 bridgehead atoms. The number of alkyl halides is 1. The molecule has 0 aromatic heterocycles. The van der Waals surface area contributed by atoms with Crippen LogP contribution in [0.3, 0.4) is 0 Å². The minimum atomic E-state index is -1.93. The van der Waals surface area contributed by atoms with Crippen LogP contribution in [-0.2, 0) is 11.2 Å². The fourth-order valence-corrected chi connectivity index (χ4v) is 6.65. The molecule has 4 rings (SSSR count). The Labute approximate surface area is 289 Å². The Hall–Kier alpha value is -4.27. The molecule has 0 radical (unpaired) electrons. The molecule has 0 aliphatic heterocycles. The minimum absolute atomic E-state index is 0.0623. The second kappa shape index (κ2) is 19.1. The van der Waals surface area contributed by atoms with Gasteiger partial charge < -0.3 is 15.2 Å². The number of nitro groups is 1. The summed E-state index contributed by atoms with van der Waals surface area (Å²) < 4.78 is 24.5. The third kappa shape index (κ3) is 11.4. The third-order valence-corrected chi connectivity index (χ3v) is 9.69. The van der Waals surface area contributed by atoms with Gasteiger partial charge in [0.2, 0.25) is 5.75 Å². The number of nitrogens with two attached hydrogens (primary N) is 1. The Morgan fingerprint density at radius 1 is 0.837 bits per heavy atom. The number of unbranched alkanes of at least 4 members (excludes halogenated alkanes) is 4. The number of benzene rings is 3. The van der Waals surface area contributed by atoms with E-state index in [1.165, 1.54) is 76.2 Å². The zero-order chi connectivity index (χ0) is 35.2. The van der Waals surface area contributed by atoms with Crippen LogP contribution in [0, 0.1) is 22.0 Å². The molecule has 1 fully saturated rings. The van der Waals surface area contributed by atoms with Crippen molar-refractivity contribution in [3.05, 3.63) is 81.9 Å². The van der Waals surface area contributed by atoms with Gasteiger partial charge in [-0.05, 0) is 59.9 Å². The van der Waals surface area contributed by atoms with Gasteiger partial charge in [-0.3, -0.25) is 10.1 Å². The summed E-state index contributed by atoms with van der Waals surface area (Å²) in [5, 5.41) is 11.7. The first-order valence-corrected chi connectivity index (χ1v) is 18.0. The Balaban J connectivity index is 1.26. The van der Waals surface area contributed by atoms with Crippen LogP contribution in [0.4, 0.5) is 15.8 Å². The fraction of sp³-hybridized carbons (Fsp3) is 0.500. The molecule has 8 nitrogen and oxygen atoms in total. The number of ether oxygens (including phenoxy) is 2. The average molecular weight is 675 g/mol. The van der Waals surface area contributed by atoms with E-state index >= 15 is 0 Å². The number of carbonyl (C=O) groups excluding carboxylic acids is 2. The molecule has 0 saturated heterocycles. The molecule has 1 atom stereocenters. The number of halogens is 1. The zero-order valence-electron chi connectivity index (χ0n) is 29.0. The van der Waals surface area contributed by atoms with Crippen molar-refractivity contribution < 1.29 is 28.4 Å². The van der Waals surface area contributed by atoms with Crippen LogP contribution < -0.4 is 15.2 Å². The number of nitrogen functional groups attached to an aromatic ring is 1. The van der Waals surface area contributed by atoms with E-state index in [-0.39, 0.29) is 23.4 Å². The molecule has 9 heteroatoms. The zero-order valence-corrected chi connectivity index (χ0v) is 29.0. The summed E-state index contributed by atoms with van der Waals surface area (Å²) in [7, 11) is 0. The van der Waals surface area contributed by atoms with Crippen LogP contribution in [0.1, 0.15) is 120 Å². The first-order valence-electron chi connectivity index (χ1n) is 18.0. The number of hydrogen-bond donors (Lipinski definition) is 1. The van der Waals surface area contributed by atoms with Crippen molar-refractivity contribution >= 4 is 23.3 Å². The summed E-state index contributed by atoms with van der Waals surface area (Å²) in [5.74, 6) is -0.607. The van der Waals surface area contributed by atoms with E-state index in [2.05, 4.69) is 31.2 Å². The maximum Gasteiger partial charge on any atom is 0.346 e. The highest BCUT2D eigenvalue weighted by Gasteiger charge is 2.28. The van der Waals surface area contributed by atoms with Gasteiger partial charge in [0.1, 0.15) is 5.75 Å². The fourth-order valence-electron chi connectivity index (χ4n) is 6.65. The van der Waals surface area contributed by atoms with E-state index in [9.17, 15) is 24.1 Å². The van der Waals surface area contributed by atoms with Crippen molar-refractivity contribution in [1.82, 2.24) is 0 Å². The predicted molar refractivity (Wildman–Crippen MR) is 192 cm³/mol. The SMILES string of the molecule is CCCCCC1CCC(CCCCc2ccc(-c3ccc(OC(=O)c4cc([N+](=O)[O-])c(OC(=O)[C@H](F)CCCC)cc4N)cc3)cc2)CC1. The van der Waals surface area contributed by atoms with Gasteiger partial charge in [0.25, 0.3) is 0 Å². The second-order valence-electron chi connectivity index (χ2n) is 13.4. The quantitative estimate of drug-likeness (QED) is 0.0356. The van der Waals surface area contributed by atoms with Gasteiger partial charge in [-0.1, -0.05) is 127 Å². The van der Waals surface area contributed by atoms with Gasteiger partial charge in [-0.25, -0.2) is 14.0 Å². The van der Waals surface area contributed by atoms with Gasteiger partial charge in [0.15, 0.2) is 6.17 Å². The highest BCUT2D eigenvalue weighted by atomic mass is 19.1. The number of anilines is 1. The van der Waals surface area contributed by atoms with Crippen LogP contribution in [0.25, 0.3) is 11.1 Å². The first-order chi connectivity index (χ1) is 23.7. The van der Waals surface area contributed by atoms with Crippen LogP contribution in [0.2, 0.25) is 0 Å². The number of rotatable bonds is 18. The smallest absolute Gasteiger partial charge is 0.346 e. The lowest BCUT2D eigenvalue weighted by Gasteiger charge is -2.28. The van der Waals surface area contributed by atoms with Crippen molar-refractivity contribution in [3.63, 3.8) is 0 Å². The molecular weight excluding hydrogens is 623 g/mol. The van der Waals surface area contributed by atoms with Crippen molar-refractivity contribution in [2.75, 3.05) is 5.73 Å². The van der Waals surface area contributed by atoms with Crippen LogP contribution in [0.5, 0.6) is 11.5 Å². The number of esters is 2. The van der Waals surface area contributed by atoms with Crippen LogP contribution >= 0.6 is 0 Å².